The summed E-state index contributed by atoms with van der Waals surface area (Å²) in [6.07, 6.45) is 5.75. The smallest absolute Gasteiger partial charge is 0.258 e. The first kappa shape index (κ1) is 12.2. The van der Waals surface area contributed by atoms with E-state index >= 15 is 0 Å². The van der Waals surface area contributed by atoms with Crippen LogP contribution in [0.4, 0.5) is 10.1 Å². The molecule has 1 N–H and O–H groups in total. The molecule has 20 heavy (non-hydrogen) atoms. The second-order valence-electron chi connectivity index (χ2n) is 4.21. The summed E-state index contributed by atoms with van der Waals surface area (Å²) < 4.78 is 13.5. The highest BCUT2D eigenvalue weighted by Crippen LogP contribution is 2.22. The Bertz CT molecular complexity index is 783. The molecule has 0 aliphatic heterocycles. The first-order chi connectivity index (χ1) is 9.75. The summed E-state index contributed by atoms with van der Waals surface area (Å²) in [5.41, 5.74) is 0.581. The van der Waals surface area contributed by atoms with Crippen molar-refractivity contribution in [2.75, 3.05) is 5.32 Å². The van der Waals surface area contributed by atoms with Crippen molar-refractivity contribution in [3.05, 3.63) is 66.5 Å². The zero-order valence-corrected chi connectivity index (χ0v) is 10.4. The average molecular weight is 267 g/mol. The van der Waals surface area contributed by atoms with Crippen LogP contribution in [0.15, 0.2) is 55.1 Å². The summed E-state index contributed by atoms with van der Waals surface area (Å²) in [5.74, 6) is -1.15. The third-order valence-electron chi connectivity index (χ3n) is 2.95. The minimum atomic E-state index is -0.646. The number of hydrogen-bond donors (Lipinski definition) is 1. The van der Waals surface area contributed by atoms with Crippen LogP contribution >= 0.6 is 0 Å². The first-order valence-electron chi connectivity index (χ1n) is 5.99. The number of fused-ring (bicyclic) bond motifs is 1. The number of nitrogens with one attached hydrogen (secondary N) is 1. The summed E-state index contributed by atoms with van der Waals surface area (Å²) in [7, 11) is 0. The van der Waals surface area contributed by atoms with Crippen LogP contribution in [0.1, 0.15) is 10.4 Å². The average Bonchev–Trinajstić information content (AvgIpc) is 2.48. The molecule has 3 rings (SSSR count). The Morgan fingerprint density at radius 1 is 1.05 bits per heavy atom. The normalized spacial score (nSPS) is 10.4. The molecule has 0 fully saturated rings. The van der Waals surface area contributed by atoms with Crippen LogP contribution in [-0.4, -0.2) is 15.9 Å². The molecule has 1 amide bonds. The second kappa shape index (κ2) is 5.05. The van der Waals surface area contributed by atoms with Crippen molar-refractivity contribution < 1.29 is 9.18 Å². The van der Waals surface area contributed by atoms with Crippen LogP contribution in [-0.2, 0) is 0 Å². The van der Waals surface area contributed by atoms with Gasteiger partial charge in [0.15, 0.2) is 5.82 Å². The van der Waals surface area contributed by atoms with Gasteiger partial charge in [-0.2, -0.15) is 0 Å². The molecular weight excluding hydrogens is 257 g/mol. The molecule has 4 nitrogen and oxygen atoms in total. The molecule has 0 spiro atoms. The number of carbonyl (C=O) groups excluding carboxylic acids is 1. The molecule has 1 aromatic carbocycles. The minimum Gasteiger partial charge on any atom is -0.321 e. The highest BCUT2D eigenvalue weighted by atomic mass is 19.1. The van der Waals surface area contributed by atoms with Gasteiger partial charge in [0, 0.05) is 35.1 Å². The van der Waals surface area contributed by atoms with E-state index in [9.17, 15) is 9.18 Å². The molecule has 0 bridgehead atoms. The molecule has 98 valence electrons. The van der Waals surface area contributed by atoms with E-state index in [4.69, 9.17) is 0 Å². The van der Waals surface area contributed by atoms with Gasteiger partial charge in [-0.25, -0.2) is 4.39 Å². The van der Waals surface area contributed by atoms with E-state index < -0.39 is 11.7 Å². The number of rotatable bonds is 2. The standard InChI is InChI=1S/C15H10FN3O/c16-13-9-18-7-5-12(13)15(20)19-14-3-1-2-10-8-17-6-4-11(10)14/h1-9H,(H,19,20). The number of hydrogen-bond acceptors (Lipinski definition) is 3. The Hall–Kier alpha value is -2.82. The molecule has 2 aromatic heterocycles. The molecule has 0 unspecified atom stereocenters. The van der Waals surface area contributed by atoms with Crippen molar-refractivity contribution in [1.82, 2.24) is 9.97 Å². The number of anilines is 1. The zero-order chi connectivity index (χ0) is 13.9. The van der Waals surface area contributed by atoms with Gasteiger partial charge in [-0.1, -0.05) is 12.1 Å². The molecule has 5 heteroatoms. The number of carbonyl (C=O) groups is 1. The van der Waals surface area contributed by atoms with Crippen LogP contribution < -0.4 is 5.32 Å². The van der Waals surface area contributed by atoms with E-state index in [0.717, 1.165) is 17.0 Å². The van der Waals surface area contributed by atoms with Crippen molar-refractivity contribution in [3.63, 3.8) is 0 Å². The largest absolute Gasteiger partial charge is 0.321 e. The molecular formula is C15H10FN3O. The van der Waals surface area contributed by atoms with E-state index in [1.165, 1.54) is 12.3 Å². The Morgan fingerprint density at radius 3 is 2.70 bits per heavy atom. The van der Waals surface area contributed by atoms with Crippen molar-refractivity contribution >= 4 is 22.4 Å². The lowest BCUT2D eigenvalue weighted by molar-refractivity contribution is 0.102. The summed E-state index contributed by atoms with van der Waals surface area (Å²) in [5, 5.41) is 4.46. The predicted octanol–water partition coefficient (Wildman–Crippen LogP) is 3.02. The highest BCUT2D eigenvalue weighted by Gasteiger charge is 2.12. The fourth-order valence-corrected chi connectivity index (χ4v) is 1.98. The molecule has 0 saturated heterocycles. The Balaban J connectivity index is 1.98. The maximum absolute atomic E-state index is 13.5. The maximum Gasteiger partial charge on any atom is 0.258 e. The number of halogens is 1. The summed E-state index contributed by atoms with van der Waals surface area (Å²) >= 11 is 0. The van der Waals surface area contributed by atoms with Gasteiger partial charge < -0.3 is 5.32 Å². The van der Waals surface area contributed by atoms with Crippen LogP contribution in [0.25, 0.3) is 10.8 Å². The number of benzene rings is 1. The van der Waals surface area contributed by atoms with Crippen LogP contribution in [0, 0.1) is 5.82 Å². The number of aromatic nitrogens is 2. The topological polar surface area (TPSA) is 54.9 Å². The van der Waals surface area contributed by atoms with Crippen LogP contribution in [0.5, 0.6) is 0 Å². The highest BCUT2D eigenvalue weighted by molar-refractivity contribution is 6.09. The lowest BCUT2D eigenvalue weighted by atomic mass is 10.1. The van der Waals surface area contributed by atoms with Gasteiger partial charge in [0.05, 0.1) is 11.8 Å². The van der Waals surface area contributed by atoms with Crippen molar-refractivity contribution in [1.29, 1.82) is 0 Å². The molecule has 3 aromatic rings. The van der Waals surface area contributed by atoms with E-state index in [0.29, 0.717) is 5.69 Å². The summed E-state index contributed by atoms with van der Waals surface area (Å²) in [6, 6.07) is 8.61. The predicted molar refractivity (Wildman–Crippen MR) is 73.9 cm³/mol. The van der Waals surface area contributed by atoms with Crippen LogP contribution in [0.2, 0.25) is 0 Å². The van der Waals surface area contributed by atoms with E-state index in [1.54, 1.807) is 24.5 Å². The summed E-state index contributed by atoms with van der Waals surface area (Å²) in [6.45, 7) is 0. The fourth-order valence-electron chi connectivity index (χ4n) is 1.98. The number of nitrogens with zero attached hydrogens (tertiary/aromatic N) is 2. The van der Waals surface area contributed by atoms with Crippen molar-refractivity contribution in [2.45, 2.75) is 0 Å². The molecule has 0 aliphatic rings. The van der Waals surface area contributed by atoms with Gasteiger partial charge in [0.25, 0.3) is 5.91 Å². The lowest BCUT2D eigenvalue weighted by Gasteiger charge is -2.08. The van der Waals surface area contributed by atoms with E-state index in [-0.39, 0.29) is 5.56 Å². The van der Waals surface area contributed by atoms with Crippen molar-refractivity contribution in [2.24, 2.45) is 0 Å². The van der Waals surface area contributed by atoms with Gasteiger partial charge in [0.1, 0.15) is 0 Å². The Kier molecular flexibility index (Phi) is 3.09. The van der Waals surface area contributed by atoms with Crippen molar-refractivity contribution in [3.8, 4) is 0 Å². The van der Waals surface area contributed by atoms with Gasteiger partial charge >= 0.3 is 0 Å². The number of amides is 1. The molecule has 0 saturated carbocycles. The van der Waals surface area contributed by atoms with Gasteiger partial charge in [0.2, 0.25) is 0 Å². The van der Waals surface area contributed by atoms with Crippen LogP contribution in [0.3, 0.4) is 0 Å². The third-order valence-corrected chi connectivity index (χ3v) is 2.95. The SMILES string of the molecule is O=C(Nc1cccc2cnccc12)c1ccncc1F. The van der Waals surface area contributed by atoms with Gasteiger partial charge in [-0.15, -0.1) is 0 Å². The second-order valence-corrected chi connectivity index (χ2v) is 4.21. The first-order valence-corrected chi connectivity index (χ1v) is 5.99. The lowest BCUT2D eigenvalue weighted by Crippen LogP contribution is -2.14. The molecule has 0 radical (unpaired) electrons. The third kappa shape index (κ3) is 2.21. The molecule has 0 atom stereocenters. The Labute approximate surface area is 114 Å². The fraction of sp³-hybridized carbons (Fsp3) is 0. The monoisotopic (exact) mass is 267 g/mol. The number of pyridine rings is 2. The quantitative estimate of drug-likeness (QED) is 0.776. The Morgan fingerprint density at radius 2 is 1.85 bits per heavy atom. The molecule has 2 heterocycles. The van der Waals surface area contributed by atoms with Gasteiger partial charge in [-0.3, -0.25) is 14.8 Å². The molecule has 0 aliphatic carbocycles. The minimum absolute atomic E-state index is 0.0361. The van der Waals surface area contributed by atoms with E-state index in [2.05, 4.69) is 15.3 Å². The summed E-state index contributed by atoms with van der Waals surface area (Å²) in [4.78, 5) is 19.7. The zero-order valence-electron chi connectivity index (χ0n) is 10.4. The van der Waals surface area contributed by atoms with Gasteiger partial charge in [-0.05, 0) is 18.2 Å². The van der Waals surface area contributed by atoms with E-state index in [1.807, 2.05) is 12.1 Å². The maximum atomic E-state index is 13.5.